The number of hydrazine groups is 1. The zero-order chi connectivity index (χ0) is 12.4. The van der Waals surface area contributed by atoms with Crippen LogP contribution in [-0.2, 0) is 0 Å². The Kier molecular flexibility index (Phi) is 4.01. The highest BCUT2D eigenvalue weighted by atomic mass is 32.2. The third-order valence-electron chi connectivity index (χ3n) is 3.15. The average molecular weight is 258 g/mol. The van der Waals surface area contributed by atoms with Gasteiger partial charge in [-0.2, -0.15) is 11.8 Å². The second-order valence-corrected chi connectivity index (χ2v) is 5.63. The van der Waals surface area contributed by atoms with E-state index in [2.05, 4.69) is 5.43 Å². The van der Waals surface area contributed by atoms with Crippen molar-refractivity contribution in [1.29, 1.82) is 0 Å². The maximum atomic E-state index is 14.0. The molecule has 0 saturated carbocycles. The summed E-state index contributed by atoms with van der Waals surface area (Å²) >= 11 is 1.72. The third kappa shape index (κ3) is 2.46. The molecule has 0 aliphatic carbocycles. The number of hydrogen-bond acceptors (Lipinski definition) is 3. The first-order chi connectivity index (χ1) is 8.15. The summed E-state index contributed by atoms with van der Waals surface area (Å²) in [6.07, 6.45) is 2.01. The lowest BCUT2D eigenvalue weighted by atomic mass is 9.98. The van der Waals surface area contributed by atoms with Gasteiger partial charge < -0.3 is 0 Å². The normalized spacial score (nSPS) is 21.8. The molecular weight excluding hydrogens is 242 g/mol. The van der Waals surface area contributed by atoms with Gasteiger partial charge in [-0.25, -0.2) is 8.78 Å². The van der Waals surface area contributed by atoms with Crippen LogP contribution in [0.15, 0.2) is 12.1 Å². The van der Waals surface area contributed by atoms with E-state index in [1.807, 2.05) is 0 Å². The second-order valence-electron chi connectivity index (χ2n) is 4.29. The molecule has 1 aliphatic rings. The molecule has 1 aromatic carbocycles. The lowest BCUT2D eigenvalue weighted by molar-refractivity contribution is 0.456. The molecule has 0 bridgehead atoms. The van der Waals surface area contributed by atoms with Crippen LogP contribution in [-0.4, -0.2) is 11.0 Å². The van der Waals surface area contributed by atoms with Gasteiger partial charge in [0, 0.05) is 10.8 Å². The third-order valence-corrected chi connectivity index (χ3v) is 4.61. The summed E-state index contributed by atoms with van der Waals surface area (Å²) in [5.74, 6) is 5.49. The molecule has 17 heavy (non-hydrogen) atoms. The number of nitrogens with two attached hydrogens (primary N) is 1. The Balaban J connectivity index is 2.39. The zero-order valence-corrected chi connectivity index (χ0v) is 10.5. The van der Waals surface area contributed by atoms with Gasteiger partial charge in [0.2, 0.25) is 0 Å². The van der Waals surface area contributed by atoms with Crippen molar-refractivity contribution in [2.75, 3.05) is 5.75 Å². The Morgan fingerprint density at radius 2 is 2.24 bits per heavy atom. The summed E-state index contributed by atoms with van der Waals surface area (Å²) in [5, 5.41) is 0.144. The largest absolute Gasteiger partial charge is 0.271 e. The SMILES string of the molecule is Cc1ccc(F)c(C(NN)C2CCCS2)c1F. The van der Waals surface area contributed by atoms with E-state index < -0.39 is 17.7 Å². The number of rotatable bonds is 3. The van der Waals surface area contributed by atoms with Gasteiger partial charge in [-0.1, -0.05) is 6.07 Å². The molecule has 5 heteroatoms. The molecule has 2 atom stereocenters. The summed E-state index contributed by atoms with van der Waals surface area (Å²) in [6.45, 7) is 1.63. The zero-order valence-electron chi connectivity index (χ0n) is 9.67. The molecule has 2 rings (SSSR count). The van der Waals surface area contributed by atoms with Crippen molar-refractivity contribution in [3.8, 4) is 0 Å². The predicted molar refractivity (Wildman–Crippen MR) is 66.6 cm³/mol. The minimum Gasteiger partial charge on any atom is -0.271 e. The van der Waals surface area contributed by atoms with Gasteiger partial charge in [-0.05, 0) is 37.1 Å². The molecule has 1 aromatic rings. The molecule has 1 fully saturated rings. The van der Waals surface area contributed by atoms with E-state index in [9.17, 15) is 8.78 Å². The maximum Gasteiger partial charge on any atom is 0.133 e. The first-order valence-electron chi connectivity index (χ1n) is 5.67. The number of aryl methyl sites for hydroxylation is 1. The highest BCUT2D eigenvalue weighted by molar-refractivity contribution is 8.00. The molecule has 94 valence electrons. The molecule has 2 unspecified atom stereocenters. The van der Waals surface area contributed by atoms with Gasteiger partial charge >= 0.3 is 0 Å². The molecule has 2 nitrogen and oxygen atoms in total. The number of nitrogens with one attached hydrogen (secondary N) is 1. The van der Waals surface area contributed by atoms with E-state index in [4.69, 9.17) is 5.84 Å². The fraction of sp³-hybridized carbons (Fsp3) is 0.500. The average Bonchev–Trinajstić information content (AvgIpc) is 2.83. The minimum absolute atomic E-state index is 0.0758. The van der Waals surface area contributed by atoms with E-state index in [1.54, 1.807) is 18.7 Å². The Hall–Kier alpha value is -0.650. The van der Waals surface area contributed by atoms with Gasteiger partial charge in [0.05, 0.1) is 6.04 Å². The van der Waals surface area contributed by atoms with E-state index in [0.717, 1.165) is 18.6 Å². The summed E-state index contributed by atoms with van der Waals surface area (Å²) in [7, 11) is 0. The quantitative estimate of drug-likeness (QED) is 0.646. The highest BCUT2D eigenvalue weighted by Crippen LogP contribution is 2.37. The summed E-state index contributed by atoms with van der Waals surface area (Å²) in [6, 6.07) is 2.30. The smallest absolute Gasteiger partial charge is 0.133 e. The Bertz CT molecular complexity index is 406. The Labute approximate surface area is 104 Å². The van der Waals surface area contributed by atoms with Crippen molar-refractivity contribution in [3.63, 3.8) is 0 Å². The van der Waals surface area contributed by atoms with Crippen molar-refractivity contribution in [1.82, 2.24) is 5.43 Å². The van der Waals surface area contributed by atoms with Crippen LogP contribution >= 0.6 is 11.8 Å². The first kappa shape index (κ1) is 12.8. The van der Waals surface area contributed by atoms with Crippen LogP contribution in [0.25, 0.3) is 0 Å². The number of halogens is 2. The fourth-order valence-corrected chi connectivity index (χ4v) is 3.58. The van der Waals surface area contributed by atoms with Crippen LogP contribution < -0.4 is 11.3 Å². The van der Waals surface area contributed by atoms with Crippen LogP contribution in [0.5, 0.6) is 0 Å². The molecule has 0 aromatic heterocycles. The van der Waals surface area contributed by atoms with Crippen molar-refractivity contribution in [2.24, 2.45) is 5.84 Å². The summed E-state index contributed by atoms with van der Waals surface area (Å²) in [4.78, 5) is 0. The molecular formula is C12H16F2N2S. The fourth-order valence-electron chi connectivity index (χ4n) is 2.21. The van der Waals surface area contributed by atoms with Crippen LogP contribution in [0.1, 0.15) is 30.0 Å². The lowest BCUT2D eigenvalue weighted by Gasteiger charge is -2.23. The van der Waals surface area contributed by atoms with Crippen LogP contribution in [0.4, 0.5) is 8.78 Å². The monoisotopic (exact) mass is 258 g/mol. The minimum atomic E-state index is -0.524. The van der Waals surface area contributed by atoms with Crippen LogP contribution in [0.3, 0.4) is 0 Å². The van der Waals surface area contributed by atoms with E-state index in [0.29, 0.717) is 5.56 Å². The van der Waals surface area contributed by atoms with Gasteiger partial charge in [0.25, 0.3) is 0 Å². The molecule has 0 amide bonds. The van der Waals surface area contributed by atoms with E-state index >= 15 is 0 Å². The van der Waals surface area contributed by atoms with Gasteiger partial charge in [0.1, 0.15) is 11.6 Å². The lowest BCUT2D eigenvalue weighted by Crippen LogP contribution is -2.35. The van der Waals surface area contributed by atoms with Crippen LogP contribution in [0.2, 0.25) is 0 Å². The number of hydrogen-bond donors (Lipinski definition) is 2. The van der Waals surface area contributed by atoms with Gasteiger partial charge in [-0.3, -0.25) is 11.3 Å². The van der Waals surface area contributed by atoms with Gasteiger partial charge in [0.15, 0.2) is 0 Å². The molecule has 1 saturated heterocycles. The summed E-state index contributed by atoms with van der Waals surface area (Å²) in [5.41, 5.74) is 3.09. The standard InChI is InChI=1S/C12H16F2N2S/c1-7-4-5-8(13)10(11(7)14)12(16-15)9-3-2-6-17-9/h4-5,9,12,16H,2-3,6,15H2,1H3. The Morgan fingerprint density at radius 1 is 1.47 bits per heavy atom. The highest BCUT2D eigenvalue weighted by Gasteiger charge is 2.30. The molecule has 3 N–H and O–H groups in total. The molecule has 1 heterocycles. The van der Waals surface area contributed by atoms with Crippen molar-refractivity contribution in [2.45, 2.75) is 31.1 Å². The van der Waals surface area contributed by atoms with Gasteiger partial charge in [-0.15, -0.1) is 0 Å². The Morgan fingerprint density at radius 3 is 2.82 bits per heavy atom. The number of benzene rings is 1. The molecule has 0 radical (unpaired) electrons. The van der Waals surface area contributed by atoms with Crippen molar-refractivity contribution in [3.05, 3.63) is 34.9 Å². The molecule has 0 spiro atoms. The topological polar surface area (TPSA) is 38.0 Å². The maximum absolute atomic E-state index is 14.0. The van der Waals surface area contributed by atoms with Crippen molar-refractivity contribution < 1.29 is 8.78 Å². The number of thioether (sulfide) groups is 1. The van der Waals surface area contributed by atoms with E-state index in [1.165, 1.54) is 12.1 Å². The summed E-state index contributed by atoms with van der Waals surface area (Å²) < 4.78 is 27.8. The van der Waals surface area contributed by atoms with E-state index in [-0.39, 0.29) is 10.8 Å². The predicted octanol–water partition coefficient (Wildman–Crippen LogP) is 2.67. The van der Waals surface area contributed by atoms with Crippen LogP contribution in [0, 0.1) is 18.6 Å². The first-order valence-corrected chi connectivity index (χ1v) is 6.72. The second kappa shape index (κ2) is 5.33. The van der Waals surface area contributed by atoms with Crippen molar-refractivity contribution >= 4 is 11.8 Å². The molecule has 1 aliphatic heterocycles.